The predicted octanol–water partition coefficient (Wildman–Crippen LogP) is -0.0483. The Morgan fingerprint density at radius 2 is 2.36 bits per heavy atom. The van der Waals surface area contributed by atoms with Crippen molar-refractivity contribution in [2.24, 2.45) is 0 Å². The first kappa shape index (κ1) is 7.78. The van der Waals surface area contributed by atoms with Gasteiger partial charge in [-0.15, -0.1) is 0 Å². The molecule has 1 fully saturated rings. The molecule has 1 atom stereocenters. The largest absolute Gasteiger partial charge is 0.408 e. The highest BCUT2D eigenvalue weighted by Crippen LogP contribution is 2.06. The van der Waals surface area contributed by atoms with Crippen LogP contribution in [-0.4, -0.2) is 17.8 Å². The number of rotatable bonds is 1. The zero-order valence-corrected chi connectivity index (χ0v) is 6.38. The summed E-state index contributed by atoms with van der Waals surface area (Å²) in [5.41, 5.74) is 0. The second-order valence-corrected chi connectivity index (χ2v) is 2.41. The van der Waals surface area contributed by atoms with Crippen LogP contribution >= 0.6 is 0 Å². The molecule has 0 radical (unpaired) electrons. The topological polar surface area (TPSA) is 55.4 Å². The number of hydrogen-bond donors (Lipinski definition) is 1. The molecule has 1 aliphatic rings. The van der Waals surface area contributed by atoms with Gasteiger partial charge in [0, 0.05) is 6.08 Å². The van der Waals surface area contributed by atoms with Crippen LogP contribution in [0.1, 0.15) is 13.8 Å². The van der Waals surface area contributed by atoms with Gasteiger partial charge < -0.3 is 10.1 Å². The Morgan fingerprint density at radius 1 is 1.73 bits per heavy atom. The van der Waals surface area contributed by atoms with Crippen molar-refractivity contribution in [2.75, 3.05) is 0 Å². The molecule has 0 saturated carbocycles. The third kappa shape index (κ3) is 1.80. The molecule has 1 N–H and O–H groups in total. The second kappa shape index (κ2) is 2.74. The molecule has 0 spiro atoms. The average Bonchev–Trinajstić information content (AvgIpc) is 2.10. The van der Waals surface area contributed by atoms with Gasteiger partial charge in [-0.3, -0.25) is 4.79 Å². The highest BCUT2D eigenvalue weighted by molar-refractivity contribution is 5.89. The zero-order chi connectivity index (χ0) is 8.43. The van der Waals surface area contributed by atoms with Crippen molar-refractivity contribution in [1.29, 1.82) is 0 Å². The van der Waals surface area contributed by atoms with Gasteiger partial charge in [0.05, 0.1) is 0 Å². The van der Waals surface area contributed by atoms with E-state index in [2.05, 4.69) is 10.1 Å². The first-order valence-corrected chi connectivity index (χ1v) is 3.30. The van der Waals surface area contributed by atoms with Crippen molar-refractivity contribution in [3.05, 3.63) is 12.0 Å². The van der Waals surface area contributed by atoms with E-state index in [1.54, 1.807) is 6.92 Å². The van der Waals surface area contributed by atoms with Crippen molar-refractivity contribution in [3.63, 3.8) is 0 Å². The Labute approximate surface area is 64.2 Å². The lowest BCUT2D eigenvalue weighted by molar-refractivity contribution is -0.136. The molecule has 1 heterocycles. The number of hydrogen-bond acceptors (Lipinski definition) is 4. The number of cyclic esters (lactones) is 1. The van der Waals surface area contributed by atoms with E-state index in [1.165, 1.54) is 13.0 Å². The Balaban J connectivity index is 2.67. The Kier molecular flexibility index (Phi) is 1.94. The van der Waals surface area contributed by atoms with Crippen molar-refractivity contribution in [2.45, 2.75) is 19.9 Å². The molecule has 1 saturated heterocycles. The minimum Gasteiger partial charge on any atom is -0.408 e. The molecule has 0 aromatic heterocycles. The fourth-order valence-electron chi connectivity index (χ4n) is 0.754. The van der Waals surface area contributed by atoms with Crippen molar-refractivity contribution in [3.8, 4) is 0 Å². The van der Waals surface area contributed by atoms with E-state index in [9.17, 15) is 9.59 Å². The highest BCUT2D eigenvalue weighted by Gasteiger charge is 2.25. The summed E-state index contributed by atoms with van der Waals surface area (Å²) in [7, 11) is 0. The van der Waals surface area contributed by atoms with E-state index in [0.717, 1.165) is 0 Å². The highest BCUT2D eigenvalue weighted by atomic mass is 16.6. The molecule has 4 heteroatoms. The summed E-state index contributed by atoms with van der Waals surface area (Å²) in [5.74, 6) is -0.248. The van der Waals surface area contributed by atoms with Gasteiger partial charge in [-0.05, 0) is 13.8 Å². The van der Waals surface area contributed by atoms with Gasteiger partial charge in [-0.2, -0.15) is 0 Å². The molecule has 1 rings (SSSR count). The number of nitrogens with one attached hydrogen (secondary N) is 1. The molecular formula is C7H9NO3. The molecular weight excluding hydrogens is 146 g/mol. The maximum absolute atomic E-state index is 10.7. The second-order valence-electron chi connectivity index (χ2n) is 2.41. The summed E-state index contributed by atoms with van der Waals surface area (Å²) in [4.78, 5) is 21.2. The molecule has 1 aliphatic heterocycles. The number of ether oxygens (including phenoxy) is 1. The van der Waals surface area contributed by atoms with Crippen LogP contribution in [-0.2, 0) is 14.3 Å². The van der Waals surface area contributed by atoms with Crippen molar-refractivity contribution >= 4 is 11.8 Å². The molecule has 4 nitrogen and oxygen atoms in total. The Morgan fingerprint density at radius 3 is 2.73 bits per heavy atom. The SMILES string of the molecule is CC(=O)/C=C1\N[C@@H](C)C(=O)O1. The molecule has 0 unspecified atom stereocenters. The van der Waals surface area contributed by atoms with E-state index in [0.29, 0.717) is 0 Å². The number of carbonyl (C=O) groups excluding carboxylic acids is 2. The predicted molar refractivity (Wildman–Crippen MR) is 37.5 cm³/mol. The standard InChI is InChI=1S/C7H9NO3/c1-4(9)3-6-8-5(2)7(10)11-6/h3,5,8H,1-2H3/b6-3+/t5-/m0/s1. The van der Waals surface area contributed by atoms with Crippen LogP contribution in [0.4, 0.5) is 0 Å². The monoisotopic (exact) mass is 155 g/mol. The molecule has 0 aromatic carbocycles. The minimum atomic E-state index is -0.350. The van der Waals surface area contributed by atoms with Crippen molar-refractivity contribution < 1.29 is 14.3 Å². The zero-order valence-electron chi connectivity index (χ0n) is 6.38. The van der Waals surface area contributed by atoms with Gasteiger partial charge in [0.15, 0.2) is 5.78 Å². The average molecular weight is 155 g/mol. The lowest BCUT2D eigenvalue weighted by Crippen LogP contribution is -2.21. The summed E-state index contributed by atoms with van der Waals surface area (Å²) in [6.45, 7) is 3.06. The lowest BCUT2D eigenvalue weighted by Gasteiger charge is -1.94. The summed E-state index contributed by atoms with van der Waals surface area (Å²) >= 11 is 0. The molecule has 0 aromatic rings. The third-order valence-electron chi connectivity index (χ3n) is 1.26. The number of ketones is 1. The Hall–Kier alpha value is -1.32. The maximum Gasteiger partial charge on any atom is 0.334 e. The summed E-state index contributed by atoms with van der Waals surface area (Å²) in [6, 6.07) is -0.347. The summed E-state index contributed by atoms with van der Waals surface area (Å²) < 4.78 is 4.67. The van der Waals surface area contributed by atoms with Gasteiger partial charge in [-0.25, -0.2) is 4.79 Å². The molecule has 60 valence electrons. The van der Waals surface area contributed by atoms with Crippen molar-refractivity contribution in [1.82, 2.24) is 5.32 Å². The van der Waals surface area contributed by atoms with Crippen LogP contribution in [0.2, 0.25) is 0 Å². The van der Waals surface area contributed by atoms with E-state index >= 15 is 0 Å². The Bertz CT molecular complexity index is 232. The van der Waals surface area contributed by atoms with Gasteiger partial charge >= 0.3 is 5.97 Å². The fourth-order valence-corrected chi connectivity index (χ4v) is 0.754. The van der Waals surface area contributed by atoms with Crippen LogP contribution in [0.15, 0.2) is 12.0 Å². The van der Waals surface area contributed by atoms with Crippen LogP contribution in [0.3, 0.4) is 0 Å². The van der Waals surface area contributed by atoms with Gasteiger partial charge in [0.1, 0.15) is 6.04 Å². The van der Waals surface area contributed by atoms with Crippen LogP contribution < -0.4 is 5.32 Å². The van der Waals surface area contributed by atoms with Crippen LogP contribution in [0, 0.1) is 0 Å². The summed E-state index contributed by atoms with van der Waals surface area (Å²) in [6.07, 6.45) is 1.25. The van der Waals surface area contributed by atoms with E-state index in [-0.39, 0.29) is 23.7 Å². The normalized spacial score (nSPS) is 26.5. The van der Waals surface area contributed by atoms with Gasteiger partial charge in [-0.1, -0.05) is 0 Å². The number of allylic oxidation sites excluding steroid dienone is 1. The molecule has 0 amide bonds. The first-order chi connectivity index (χ1) is 5.09. The fraction of sp³-hybridized carbons (Fsp3) is 0.429. The van der Waals surface area contributed by atoms with E-state index in [4.69, 9.17) is 0 Å². The van der Waals surface area contributed by atoms with Gasteiger partial charge in [0.25, 0.3) is 0 Å². The quantitative estimate of drug-likeness (QED) is 0.426. The van der Waals surface area contributed by atoms with E-state index in [1.807, 2.05) is 0 Å². The van der Waals surface area contributed by atoms with Crippen LogP contribution in [0.5, 0.6) is 0 Å². The maximum atomic E-state index is 10.7. The molecule has 11 heavy (non-hydrogen) atoms. The van der Waals surface area contributed by atoms with Gasteiger partial charge in [0.2, 0.25) is 5.88 Å². The number of esters is 1. The molecule has 0 bridgehead atoms. The smallest absolute Gasteiger partial charge is 0.334 e. The van der Waals surface area contributed by atoms with Crippen LogP contribution in [0.25, 0.3) is 0 Å². The lowest BCUT2D eigenvalue weighted by atomic mass is 10.4. The van der Waals surface area contributed by atoms with E-state index < -0.39 is 0 Å². The summed E-state index contributed by atoms with van der Waals surface area (Å²) in [5, 5.41) is 2.70. The molecule has 0 aliphatic carbocycles. The third-order valence-corrected chi connectivity index (χ3v) is 1.26. The minimum absolute atomic E-state index is 0.144. The first-order valence-electron chi connectivity index (χ1n) is 3.30. The number of carbonyl (C=O) groups is 2.